The zero-order chi connectivity index (χ0) is 58.0. The van der Waals surface area contributed by atoms with Gasteiger partial charge >= 0.3 is 12.0 Å². The van der Waals surface area contributed by atoms with Gasteiger partial charge in [-0.05, 0) is 49.8 Å². The van der Waals surface area contributed by atoms with Crippen LogP contribution < -0.4 is 20.9 Å². The van der Waals surface area contributed by atoms with Gasteiger partial charge in [0.2, 0.25) is 5.91 Å². The van der Waals surface area contributed by atoms with Gasteiger partial charge in [0, 0.05) is 72.3 Å². The van der Waals surface area contributed by atoms with E-state index < -0.39 is 0 Å². The number of urea groups is 1. The third-order valence-electron chi connectivity index (χ3n) is 14.0. The van der Waals surface area contributed by atoms with Crippen molar-refractivity contribution in [1.82, 2.24) is 25.8 Å². The third kappa shape index (κ3) is 30.4. The van der Waals surface area contributed by atoms with Crippen molar-refractivity contribution in [1.29, 1.82) is 0 Å². The van der Waals surface area contributed by atoms with E-state index in [-0.39, 0.29) is 61.8 Å². The molecule has 2 aromatic rings. The Morgan fingerprint density at radius 1 is 0.663 bits per heavy atom. The van der Waals surface area contributed by atoms with Crippen molar-refractivity contribution in [2.24, 2.45) is 0 Å². The van der Waals surface area contributed by atoms with Gasteiger partial charge in [0.25, 0.3) is 0 Å². The molecule has 4 aliphatic rings. The lowest BCUT2D eigenvalue weighted by molar-refractivity contribution is -0.155. The van der Waals surface area contributed by atoms with E-state index in [4.69, 9.17) is 77.9 Å². The molecule has 1 aromatic carbocycles. The maximum absolute atomic E-state index is 12.6. The molecule has 23 nitrogen and oxygen atoms in total. The number of hydrogen-bond acceptors (Lipinski definition) is 22. The van der Waals surface area contributed by atoms with E-state index in [2.05, 4.69) is 42.9 Å². The van der Waals surface area contributed by atoms with E-state index in [1.165, 1.54) is 5.56 Å². The van der Waals surface area contributed by atoms with Crippen LogP contribution in [-0.4, -0.2) is 267 Å². The van der Waals surface area contributed by atoms with E-state index in [1.54, 1.807) is 11.3 Å². The monoisotopic (exact) mass is 1230 g/mol. The van der Waals surface area contributed by atoms with Gasteiger partial charge in [-0.1, -0.05) is 30.2 Å². The van der Waals surface area contributed by atoms with Crippen molar-refractivity contribution in [3.8, 4) is 0 Å². The van der Waals surface area contributed by atoms with Crippen molar-refractivity contribution in [2.75, 3.05) is 209 Å². The second kappa shape index (κ2) is 44.4. The topological polar surface area (TPSA) is 236 Å². The maximum Gasteiger partial charge on any atom is 0.315 e. The summed E-state index contributed by atoms with van der Waals surface area (Å²) in [7, 11) is 0. The predicted molar refractivity (Wildman–Crippen MR) is 315 cm³/mol. The molecule has 0 spiro atoms. The van der Waals surface area contributed by atoms with Crippen molar-refractivity contribution in [2.45, 2.75) is 86.9 Å². The predicted octanol–water partition coefficient (Wildman–Crippen LogP) is 4.05. The van der Waals surface area contributed by atoms with E-state index >= 15 is 0 Å². The molecule has 0 saturated carbocycles. The molecule has 4 fully saturated rings. The Labute approximate surface area is 504 Å². The number of morpholine rings is 1. The Bertz CT molecular complexity index is 1970. The number of carbonyl (C=O) groups excluding carboxylic acids is 3. The molecule has 4 saturated heterocycles. The fourth-order valence-corrected chi connectivity index (χ4v) is 12.1. The summed E-state index contributed by atoms with van der Waals surface area (Å²) in [5.74, 6) is 0.687. The number of aromatic nitrogens is 1. The SMILES string of the molecule is O=C(CCCC[C@@H]1SC[C@@H]2NC(=O)N[C@@H]21)NCCOCCOCCOCCOCCOCCOCCOCCOCCOCCOCCOCCOCCC(=O)OC[C@H]1CN(C2CCN(c3nccs3)CC2)[C@@H](Cc2ccc(Cl)cc2)CO1. The highest BCUT2D eigenvalue weighted by Crippen LogP contribution is 2.33. The van der Waals surface area contributed by atoms with Crippen LogP contribution in [0.1, 0.15) is 50.5 Å². The number of anilines is 1. The van der Waals surface area contributed by atoms with Crippen LogP contribution in [0.4, 0.5) is 9.93 Å². The summed E-state index contributed by atoms with van der Waals surface area (Å²) >= 11 is 9.75. The highest BCUT2D eigenvalue weighted by Gasteiger charge is 2.42. The molecular formula is C57H93ClN6O17S2. The number of carbonyl (C=O) groups is 3. The van der Waals surface area contributed by atoms with Gasteiger partial charge in [-0.15, -0.1) is 11.3 Å². The summed E-state index contributed by atoms with van der Waals surface area (Å²) in [4.78, 5) is 45.7. The Morgan fingerprint density at radius 3 is 1.70 bits per heavy atom. The highest BCUT2D eigenvalue weighted by molar-refractivity contribution is 8.00. The normalized spacial score (nSPS) is 20.2. The molecule has 0 aliphatic carbocycles. The van der Waals surface area contributed by atoms with E-state index in [0.717, 1.165) is 67.5 Å². The fourth-order valence-electron chi connectivity index (χ4n) is 9.72. The van der Waals surface area contributed by atoms with E-state index in [0.29, 0.717) is 189 Å². The Hall–Kier alpha value is -3.06. The molecule has 1 aromatic heterocycles. The molecule has 83 heavy (non-hydrogen) atoms. The lowest BCUT2D eigenvalue weighted by Crippen LogP contribution is -2.58. The Kier molecular flexibility index (Phi) is 36.9. The molecule has 5 atom stereocenters. The largest absolute Gasteiger partial charge is 0.463 e. The minimum Gasteiger partial charge on any atom is -0.463 e. The molecule has 26 heteroatoms. The molecule has 4 aliphatic heterocycles. The standard InChI is InChI=1S/C57H93ClN6O17S2/c58-47-7-5-46(6-8-47)41-49-43-80-50(42-64(49)48-9-14-63(15-10-48)57-60-13-40-82-57)44-81-54(66)11-16-68-18-20-70-22-24-72-26-28-74-30-32-76-34-36-78-38-39-79-37-35-77-33-31-75-29-27-73-25-23-71-21-19-69-17-12-59-53(65)4-2-1-3-52-55-51(45-83-52)61-56(67)62-55/h5-8,13,40,48-52,55H,1-4,9-12,14-39,41-45H2,(H,59,65)(H2,61,62,67)/t49-,50+,51-,52-,55-/m0/s1. The molecule has 472 valence electrons. The van der Waals surface area contributed by atoms with Crippen LogP contribution in [0.5, 0.6) is 0 Å². The number of fused-ring (bicyclic) bond motifs is 1. The number of thiazole rings is 1. The maximum atomic E-state index is 12.6. The lowest BCUT2D eigenvalue weighted by Gasteiger charge is -2.46. The summed E-state index contributed by atoms with van der Waals surface area (Å²) < 4.78 is 78.5. The van der Waals surface area contributed by atoms with Gasteiger partial charge in [0.05, 0.1) is 184 Å². The van der Waals surface area contributed by atoms with Gasteiger partial charge in [0.15, 0.2) is 5.13 Å². The minimum atomic E-state index is -0.304. The number of piperidine rings is 1. The molecule has 3 amide bonds. The summed E-state index contributed by atoms with van der Waals surface area (Å²) in [5, 5.41) is 13.1. The molecule has 5 heterocycles. The van der Waals surface area contributed by atoms with Crippen LogP contribution in [0, 0.1) is 0 Å². The van der Waals surface area contributed by atoms with Crippen LogP contribution in [0.15, 0.2) is 35.8 Å². The molecule has 6 rings (SSSR count). The summed E-state index contributed by atoms with van der Waals surface area (Å²) in [6.45, 7) is 14.7. The minimum absolute atomic E-state index is 0.0375. The number of benzene rings is 1. The highest BCUT2D eigenvalue weighted by atomic mass is 35.5. The molecule has 0 radical (unpaired) electrons. The van der Waals surface area contributed by atoms with Crippen LogP contribution in [-0.2, 0) is 82.3 Å². The average Bonchev–Trinajstić information content (AvgIpc) is 4.50. The molecule has 0 bridgehead atoms. The van der Waals surface area contributed by atoms with E-state index in [1.807, 2.05) is 35.5 Å². The fraction of sp³-hybridized carbons (Fsp3) is 0.789. The quantitative estimate of drug-likeness (QED) is 0.0481. The number of thioether (sulfide) groups is 1. The Morgan fingerprint density at radius 2 is 1.18 bits per heavy atom. The van der Waals surface area contributed by atoms with Gasteiger partial charge in [-0.2, -0.15) is 11.8 Å². The number of amides is 3. The van der Waals surface area contributed by atoms with Crippen LogP contribution in [0.3, 0.4) is 0 Å². The van der Waals surface area contributed by atoms with Crippen LogP contribution >= 0.6 is 34.7 Å². The first-order chi connectivity index (χ1) is 40.9. The average molecular weight is 1230 g/mol. The number of ether oxygens (including phenoxy) is 14. The summed E-state index contributed by atoms with van der Waals surface area (Å²) in [6, 6.07) is 9.07. The number of hydrogen-bond donors (Lipinski definition) is 3. The first-order valence-corrected chi connectivity index (χ1v) is 32.0. The van der Waals surface area contributed by atoms with Crippen molar-refractivity contribution in [3.63, 3.8) is 0 Å². The number of esters is 1. The second-order valence-electron chi connectivity index (χ2n) is 20.2. The third-order valence-corrected chi connectivity index (χ3v) is 16.6. The van der Waals surface area contributed by atoms with Crippen LogP contribution in [0.2, 0.25) is 5.02 Å². The number of unbranched alkanes of at least 4 members (excludes halogenated alkanes) is 1. The number of rotatable bonds is 50. The second-order valence-corrected chi connectivity index (χ2v) is 22.8. The number of nitrogens with zero attached hydrogens (tertiary/aromatic N) is 3. The zero-order valence-electron chi connectivity index (χ0n) is 48.5. The molecule has 3 N–H and O–H groups in total. The number of nitrogens with one attached hydrogen (secondary N) is 3. The van der Waals surface area contributed by atoms with Gasteiger partial charge in [-0.25, -0.2) is 9.78 Å². The smallest absolute Gasteiger partial charge is 0.315 e. The van der Waals surface area contributed by atoms with Crippen molar-refractivity contribution >= 4 is 57.7 Å². The van der Waals surface area contributed by atoms with Gasteiger partial charge in [-0.3, -0.25) is 14.5 Å². The zero-order valence-corrected chi connectivity index (χ0v) is 50.9. The summed E-state index contributed by atoms with van der Waals surface area (Å²) in [6.07, 6.45) is 8.09. The van der Waals surface area contributed by atoms with E-state index in [9.17, 15) is 14.4 Å². The number of halogens is 1. The molecule has 0 unspecified atom stereocenters. The van der Waals surface area contributed by atoms with Crippen molar-refractivity contribution in [3.05, 3.63) is 46.4 Å². The van der Waals surface area contributed by atoms with Gasteiger partial charge < -0.3 is 87.2 Å². The van der Waals surface area contributed by atoms with Crippen molar-refractivity contribution < 1.29 is 80.7 Å². The first-order valence-electron chi connectivity index (χ1n) is 29.7. The summed E-state index contributed by atoms with van der Waals surface area (Å²) in [5.41, 5.74) is 1.23. The lowest BCUT2D eigenvalue weighted by atomic mass is 9.96. The Balaban J connectivity index is 0.590. The van der Waals surface area contributed by atoms with Gasteiger partial charge in [0.1, 0.15) is 12.7 Å². The molecular weight excluding hydrogens is 1140 g/mol. The first kappa shape index (κ1) is 69.0. The van der Waals surface area contributed by atoms with Crippen LogP contribution in [0.25, 0.3) is 0 Å².